The maximum absolute atomic E-state index is 14.4. The van der Waals surface area contributed by atoms with Crippen LogP contribution in [0.5, 0.6) is 0 Å². The van der Waals surface area contributed by atoms with Gasteiger partial charge in [0.2, 0.25) is 0 Å². The first-order valence-corrected chi connectivity index (χ1v) is 14.2. The number of oxime groups is 1. The summed E-state index contributed by atoms with van der Waals surface area (Å²) in [6.07, 6.45) is 3.55. The topological polar surface area (TPSA) is 136 Å². The van der Waals surface area contributed by atoms with Gasteiger partial charge in [-0.3, -0.25) is 14.7 Å². The number of nitrogens with zero attached hydrogens (tertiary/aromatic N) is 4. The molecule has 42 heavy (non-hydrogen) atoms. The number of ether oxygens (including phenoxy) is 1. The zero-order chi connectivity index (χ0) is 29.5. The smallest absolute Gasteiger partial charge is 0.329 e. The van der Waals surface area contributed by atoms with E-state index in [0.717, 1.165) is 23.4 Å². The summed E-state index contributed by atoms with van der Waals surface area (Å²) in [7, 11) is 0. The molecule has 3 aliphatic heterocycles. The van der Waals surface area contributed by atoms with Crippen LogP contribution in [0.25, 0.3) is 0 Å². The lowest BCUT2D eigenvalue weighted by Crippen LogP contribution is -2.49. The van der Waals surface area contributed by atoms with Crippen molar-refractivity contribution < 1.29 is 33.8 Å². The first kappa shape index (κ1) is 29.6. The standard InChI is InChI=1S/C30H36FN5O6/c31-25-4-2-1-3-24(25)27-18-32-11-14-36(27)33-17-21-5-7-22(8-6-21)26-15-23(42-34-26)16-30(41-20-29(39)40)9-12-35(13-10-30)19-28(37)38/h1-8,17,23,27,32H,9-16,18-20H2,(H,37,38)(H,39,40). The van der Waals surface area contributed by atoms with E-state index in [-0.39, 0.29) is 24.5 Å². The summed E-state index contributed by atoms with van der Waals surface area (Å²) in [6.45, 7) is 2.58. The zero-order valence-corrected chi connectivity index (χ0v) is 23.3. The van der Waals surface area contributed by atoms with Crippen LogP contribution in [0.2, 0.25) is 0 Å². The molecule has 0 aromatic heterocycles. The molecule has 2 saturated heterocycles. The van der Waals surface area contributed by atoms with Crippen LogP contribution >= 0.6 is 0 Å². The van der Waals surface area contributed by atoms with Crippen molar-refractivity contribution in [3.05, 3.63) is 71.0 Å². The Labute approximate surface area is 243 Å². The molecule has 0 spiro atoms. The van der Waals surface area contributed by atoms with Crippen molar-refractivity contribution in [1.29, 1.82) is 0 Å². The van der Waals surface area contributed by atoms with Crippen LogP contribution in [0, 0.1) is 5.82 Å². The molecule has 0 saturated carbocycles. The number of piperazine rings is 1. The van der Waals surface area contributed by atoms with E-state index in [1.54, 1.807) is 18.3 Å². The van der Waals surface area contributed by atoms with Crippen LogP contribution in [0.1, 0.15) is 48.4 Å². The van der Waals surface area contributed by atoms with Gasteiger partial charge in [0.05, 0.1) is 30.1 Å². The number of halogens is 1. The number of hydrogen-bond acceptors (Lipinski definition) is 9. The Kier molecular flexibility index (Phi) is 9.45. The van der Waals surface area contributed by atoms with Gasteiger partial charge in [-0.15, -0.1) is 0 Å². The Balaban J connectivity index is 1.18. The monoisotopic (exact) mass is 581 g/mol. The summed E-state index contributed by atoms with van der Waals surface area (Å²) in [5.74, 6) is -2.18. The Morgan fingerprint density at radius 1 is 1.12 bits per heavy atom. The van der Waals surface area contributed by atoms with Gasteiger partial charge in [0.1, 0.15) is 18.5 Å². The summed E-state index contributed by atoms with van der Waals surface area (Å²) in [5.41, 5.74) is 2.51. The zero-order valence-electron chi connectivity index (χ0n) is 23.3. The van der Waals surface area contributed by atoms with Gasteiger partial charge >= 0.3 is 11.9 Å². The molecule has 2 atom stereocenters. The molecule has 3 N–H and O–H groups in total. The van der Waals surface area contributed by atoms with Crippen molar-refractivity contribution in [3.63, 3.8) is 0 Å². The molecule has 0 bridgehead atoms. The van der Waals surface area contributed by atoms with E-state index >= 15 is 0 Å². The molecule has 0 radical (unpaired) electrons. The normalized spacial score (nSPS) is 22.6. The highest BCUT2D eigenvalue weighted by molar-refractivity contribution is 6.01. The first-order valence-electron chi connectivity index (χ1n) is 14.2. The molecular formula is C30H36FN5O6. The molecule has 12 heteroatoms. The Bertz CT molecular complexity index is 1310. The molecule has 3 heterocycles. The number of nitrogens with one attached hydrogen (secondary N) is 1. The number of hydrazone groups is 1. The maximum atomic E-state index is 14.4. The number of likely N-dealkylation sites (tertiary alicyclic amines) is 1. The first-order chi connectivity index (χ1) is 20.3. The summed E-state index contributed by atoms with van der Waals surface area (Å²) in [4.78, 5) is 29.9. The maximum Gasteiger partial charge on any atom is 0.329 e. The fourth-order valence-electron chi connectivity index (χ4n) is 5.81. The van der Waals surface area contributed by atoms with Gasteiger partial charge in [0, 0.05) is 51.1 Å². The van der Waals surface area contributed by atoms with Crippen molar-refractivity contribution in [2.45, 2.75) is 43.4 Å². The number of piperidine rings is 1. The van der Waals surface area contributed by atoms with Crippen LogP contribution in [0.15, 0.2) is 58.8 Å². The largest absolute Gasteiger partial charge is 0.480 e. The van der Waals surface area contributed by atoms with Crippen LogP contribution < -0.4 is 5.32 Å². The molecular weight excluding hydrogens is 545 g/mol. The summed E-state index contributed by atoms with van der Waals surface area (Å²) in [5, 5.41) is 32.5. The molecule has 2 aromatic carbocycles. The number of carboxylic acids is 2. The number of hydrogen-bond donors (Lipinski definition) is 3. The van der Waals surface area contributed by atoms with E-state index < -0.39 is 24.1 Å². The quantitative estimate of drug-likeness (QED) is 0.342. The average molecular weight is 582 g/mol. The highest BCUT2D eigenvalue weighted by atomic mass is 19.1. The lowest BCUT2D eigenvalue weighted by molar-refractivity contribution is -0.159. The van der Waals surface area contributed by atoms with Crippen molar-refractivity contribution in [3.8, 4) is 0 Å². The third-order valence-electron chi connectivity index (χ3n) is 8.04. The third-order valence-corrected chi connectivity index (χ3v) is 8.04. The Morgan fingerprint density at radius 3 is 2.60 bits per heavy atom. The van der Waals surface area contributed by atoms with Crippen LogP contribution in [0.4, 0.5) is 4.39 Å². The number of carboxylic acid groups (broad SMARTS) is 2. The van der Waals surface area contributed by atoms with Gasteiger partial charge in [0.15, 0.2) is 0 Å². The van der Waals surface area contributed by atoms with Gasteiger partial charge in [-0.25, -0.2) is 9.18 Å². The van der Waals surface area contributed by atoms with E-state index in [1.165, 1.54) is 6.07 Å². The van der Waals surface area contributed by atoms with Gasteiger partial charge in [-0.1, -0.05) is 47.6 Å². The second kappa shape index (κ2) is 13.4. The summed E-state index contributed by atoms with van der Waals surface area (Å²) < 4.78 is 20.3. The molecule has 0 amide bonds. The van der Waals surface area contributed by atoms with E-state index in [0.29, 0.717) is 57.4 Å². The van der Waals surface area contributed by atoms with E-state index in [4.69, 9.17) is 14.7 Å². The number of carbonyl (C=O) groups is 2. The molecule has 11 nitrogen and oxygen atoms in total. The molecule has 5 rings (SSSR count). The SMILES string of the molecule is O=C(O)COC1(CC2CC(c3ccc(C=NN4CCNCC4c4ccccc4F)cc3)=NO2)CCN(CC(=O)O)CC1. The summed E-state index contributed by atoms with van der Waals surface area (Å²) in [6, 6.07) is 14.4. The van der Waals surface area contributed by atoms with E-state index in [9.17, 15) is 19.1 Å². The van der Waals surface area contributed by atoms with Crippen molar-refractivity contribution in [2.24, 2.45) is 10.3 Å². The lowest BCUT2D eigenvalue weighted by Gasteiger charge is -2.41. The number of benzene rings is 2. The predicted molar refractivity (Wildman–Crippen MR) is 153 cm³/mol. The van der Waals surface area contributed by atoms with Crippen molar-refractivity contribution >= 4 is 23.9 Å². The Morgan fingerprint density at radius 2 is 1.88 bits per heavy atom. The Hall–Kier alpha value is -3.87. The van der Waals surface area contributed by atoms with Gasteiger partial charge in [0.25, 0.3) is 0 Å². The minimum Gasteiger partial charge on any atom is -0.480 e. The highest BCUT2D eigenvalue weighted by Crippen LogP contribution is 2.35. The second-order valence-electron chi connectivity index (χ2n) is 11.0. The molecule has 0 aliphatic carbocycles. The summed E-state index contributed by atoms with van der Waals surface area (Å²) >= 11 is 0. The fraction of sp³-hybridized carbons (Fsp3) is 0.467. The third kappa shape index (κ3) is 7.50. The number of aliphatic carboxylic acids is 2. The number of rotatable bonds is 11. The van der Waals surface area contributed by atoms with E-state index in [1.807, 2.05) is 40.2 Å². The van der Waals surface area contributed by atoms with Crippen LogP contribution in [-0.4, -0.2) is 102 Å². The minimum atomic E-state index is -1.05. The van der Waals surface area contributed by atoms with Crippen LogP contribution in [-0.2, 0) is 19.2 Å². The van der Waals surface area contributed by atoms with E-state index in [2.05, 4.69) is 15.6 Å². The minimum absolute atomic E-state index is 0.0513. The fourth-order valence-corrected chi connectivity index (χ4v) is 5.81. The predicted octanol–water partition coefficient (Wildman–Crippen LogP) is 2.71. The average Bonchev–Trinajstić information content (AvgIpc) is 3.45. The van der Waals surface area contributed by atoms with Gasteiger partial charge in [-0.2, -0.15) is 5.10 Å². The molecule has 2 unspecified atom stereocenters. The van der Waals surface area contributed by atoms with Gasteiger partial charge in [-0.05, 0) is 30.0 Å². The van der Waals surface area contributed by atoms with Gasteiger partial charge < -0.3 is 25.1 Å². The molecule has 224 valence electrons. The lowest BCUT2D eigenvalue weighted by atomic mass is 9.84. The molecule has 2 aromatic rings. The second-order valence-corrected chi connectivity index (χ2v) is 11.0. The van der Waals surface area contributed by atoms with Crippen LogP contribution in [0.3, 0.4) is 0 Å². The molecule has 2 fully saturated rings. The van der Waals surface area contributed by atoms with Crippen molar-refractivity contribution in [1.82, 2.24) is 15.2 Å². The molecule has 3 aliphatic rings. The van der Waals surface area contributed by atoms with Crippen molar-refractivity contribution in [2.75, 3.05) is 45.9 Å². The highest BCUT2D eigenvalue weighted by Gasteiger charge is 2.41.